The Kier molecular flexibility index (Phi) is 6.41. The minimum absolute atomic E-state index is 0.599. The van der Waals surface area contributed by atoms with Crippen LogP contribution in [0.5, 0.6) is 11.5 Å². The Morgan fingerprint density at radius 2 is 1.81 bits per heavy atom. The van der Waals surface area contributed by atoms with Crippen LogP contribution in [0.4, 0.5) is 0 Å². The van der Waals surface area contributed by atoms with E-state index in [9.17, 15) is 0 Å². The van der Waals surface area contributed by atoms with E-state index in [0.29, 0.717) is 35.0 Å². The number of halogens is 1. The van der Waals surface area contributed by atoms with Crippen molar-refractivity contribution in [2.75, 3.05) is 13.2 Å². The van der Waals surface area contributed by atoms with Crippen LogP contribution in [0.2, 0.25) is 5.02 Å². The second kappa shape index (κ2) is 8.96. The quantitative estimate of drug-likeness (QED) is 0.535. The normalized spacial score (nSPS) is 10.7. The SMILES string of the molecule is CCOc1ccc(Cl)cc1CSc1n[nH]c(-c2ccccc2OCC)n1. The van der Waals surface area contributed by atoms with Crippen molar-refractivity contribution in [3.05, 3.63) is 53.1 Å². The van der Waals surface area contributed by atoms with Gasteiger partial charge in [0.2, 0.25) is 5.16 Å². The summed E-state index contributed by atoms with van der Waals surface area (Å²) in [5.41, 5.74) is 1.91. The van der Waals surface area contributed by atoms with Crippen LogP contribution in [0.25, 0.3) is 11.4 Å². The highest BCUT2D eigenvalue weighted by Crippen LogP contribution is 2.31. The van der Waals surface area contributed by atoms with E-state index >= 15 is 0 Å². The molecule has 0 saturated heterocycles. The number of nitrogens with zero attached hydrogens (tertiary/aromatic N) is 2. The third kappa shape index (κ3) is 4.51. The van der Waals surface area contributed by atoms with Crippen molar-refractivity contribution in [3.63, 3.8) is 0 Å². The zero-order valence-electron chi connectivity index (χ0n) is 14.7. The summed E-state index contributed by atoms with van der Waals surface area (Å²) in [4.78, 5) is 4.58. The van der Waals surface area contributed by atoms with Crippen molar-refractivity contribution in [1.29, 1.82) is 0 Å². The average Bonchev–Trinajstić information content (AvgIpc) is 3.11. The van der Waals surface area contributed by atoms with Gasteiger partial charge in [0.05, 0.1) is 18.8 Å². The molecule has 3 rings (SSSR count). The smallest absolute Gasteiger partial charge is 0.209 e. The number of benzene rings is 2. The molecule has 5 nitrogen and oxygen atoms in total. The monoisotopic (exact) mass is 389 g/mol. The molecule has 0 aliphatic carbocycles. The molecule has 0 fully saturated rings. The zero-order valence-corrected chi connectivity index (χ0v) is 16.2. The van der Waals surface area contributed by atoms with Gasteiger partial charge in [-0.2, -0.15) is 0 Å². The molecule has 0 saturated carbocycles. The molecule has 3 aromatic rings. The summed E-state index contributed by atoms with van der Waals surface area (Å²) in [5, 5.41) is 8.64. The van der Waals surface area contributed by atoms with Crippen LogP contribution in [0, 0.1) is 0 Å². The zero-order chi connectivity index (χ0) is 18.4. The Hall–Kier alpha value is -2.18. The summed E-state index contributed by atoms with van der Waals surface area (Å²) in [6.45, 7) is 5.13. The Balaban J connectivity index is 1.75. The maximum Gasteiger partial charge on any atom is 0.209 e. The van der Waals surface area contributed by atoms with E-state index in [4.69, 9.17) is 21.1 Å². The van der Waals surface area contributed by atoms with Gasteiger partial charge in [0.15, 0.2) is 5.82 Å². The highest BCUT2D eigenvalue weighted by molar-refractivity contribution is 7.98. The Bertz CT molecular complexity index is 869. The van der Waals surface area contributed by atoms with Gasteiger partial charge in [-0.3, -0.25) is 5.10 Å². The predicted molar refractivity (Wildman–Crippen MR) is 105 cm³/mol. The van der Waals surface area contributed by atoms with Crippen LogP contribution < -0.4 is 9.47 Å². The molecular weight excluding hydrogens is 370 g/mol. The van der Waals surface area contributed by atoms with Crippen molar-refractivity contribution < 1.29 is 9.47 Å². The lowest BCUT2D eigenvalue weighted by Crippen LogP contribution is -1.96. The highest BCUT2D eigenvalue weighted by Gasteiger charge is 2.12. The fraction of sp³-hybridized carbons (Fsp3) is 0.263. The second-order valence-corrected chi connectivity index (χ2v) is 6.75. The first-order valence-corrected chi connectivity index (χ1v) is 9.76. The number of thioether (sulfide) groups is 1. The van der Waals surface area contributed by atoms with Gasteiger partial charge in [-0.1, -0.05) is 35.5 Å². The summed E-state index contributed by atoms with van der Waals surface area (Å²) >= 11 is 7.64. The lowest BCUT2D eigenvalue weighted by Gasteiger charge is -2.09. The third-order valence-corrected chi connectivity index (χ3v) is 4.72. The van der Waals surface area contributed by atoms with E-state index in [1.807, 2.05) is 56.3 Å². The van der Waals surface area contributed by atoms with Gasteiger partial charge in [0, 0.05) is 16.3 Å². The first-order valence-electron chi connectivity index (χ1n) is 8.39. The maximum atomic E-state index is 6.11. The standard InChI is InChI=1S/C19H20ClN3O2S/c1-3-24-16-10-9-14(20)11-13(16)12-26-19-21-18(22-23-19)15-7-5-6-8-17(15)25-4-2/h5-11H,3-4,12H2,1-2H3,(H,21,22,23). The fourth-order valence-electron chi connectivity index (χ4n) is 2.47. The summed E-state index contributed by atoms with van der Waals surface area (Å²) in [5.74, 6) is 2.98. The molecule has 7 heteroatoms. The molecule has 0 spiro atoms. The maximum absolute atomic E-state index is 6.11. The Labute approximate surface area is 162 Å². The Morgan fingerprint density at radius 3 is 2.62 bits per heavy atom. The van der Waals surface area contributed by atoms with Crippen molar-refractivity contribution in [2.24, 2.45) is 0 Å². The molecule has 26 heavy (non-hydrogen) atoms. The number of rotatable bonds is 8. The molecule has 1 aromatic heterocycles. The van der Waals surface area contributed by atoms with Crippen LogP contribution in [0.1, 0.15) is 19.4 Å². The molecule has 0 amide bonds. The molecule has 1 N–H and O–H groups in total. The van der Waals surface area contributed by atoms with Gasteiger partial charge < -0.3 is 9.47 Å². The van der Waals surface area contributed by atoms with Crippen LogP contribution in [0.3, 0.4) is 0 Å². The molecule has 0 aliphatic rings. The predicted octanol–water partition coefficient (Wildman–Crippen LogP) is 5.21. The molecule has 136 valence electrons. The van der Waals surface area contributed by atoms with E-state index in [1.165, 1.54) is 11.8 Å². The molecule has 1 heterocycles. The van der Waals surface area contributed by atoms with E-state index in [0.717, 1.165) is 22.6 Å². The minimum Gasteiger partial charge on any atom is -0.494 e. The van der Waals surface area contributed by atoms with Crippen LogP contribution in [-0.4, -0.2) is 28.4 Å². The molecular formula is C19H20ClN3O2S. The first kappa shape index (κ1) is 18.6. The van der Waals surface area contributed by atoms with Gasteiger partial charge in [0.25, 0.3) is 0 Å². The van der Waals surface area contributed by atoms with Crippen LogP contribution in [0.15, 0.2) is 47.6 Å². The van der Waals surface area contributed by atoms with E-state index in [-0.39, 0.29) is 0 Å². The molecule has 2 aromatic carbocycles. The fourth-order valence-corrected chi connectivity index (χ4v) is 3.45. The van der Waals surface area contributed by atoms with Crippen LogP contribution in [-0.2, 0) is 5.75 Å². The lowest BCUT2D eigenvalue weighted by molar-refractivity contribution is 0.337. The van der Waals surface area contributed by atoms with Crippen molar-refractivity contribution in [2.45, 2.75) is 24.8 Å². The number of hydrogen-bond acceptors (Lipinski definition) is 5. The highest BCUT2D eigenvalue weighted by atomic mass is 35.5. The van der Waals surface area contributed by atoms with E-state index in [2.05, 4.69) is 15.2 Å². The molecule has 0 radical (unpaired) electrons. The number of aromatic amines is 1. The van der Waals surface area contributed by atoms with Crippen LogP contribution >= 0.6 is 23.4 Å². The first-order chi connectivity index (χ1) is 12.7. The summed E-state index contributed by atoms with van der Waals surface area (Å²) in [6.07, 6.45) is 0. The number of ether oxygens (including phenoxy) is 2. The Morgan fingerprint density at radius 1 is 1.04 bits per heavy atom. The van der Waals surface area contributed by atoms with E-state index in [1.54, 1.807) is 0 Å². The van der Waals surface area contributed by atoms with E-state index < -0.39 is 0 Å². The average molecular weight is 390 g/mol. The lowest BCUT2D eigenvalue weighted by atomic mass is 10.2. The summed E-state index contributed by atoms with van der Waals surface area (Å²) < 4.78 is 11.3. The largest absolute Gasteiger partial charge is 0.494 e. The number of H-pyrrole nitrogens is 1. The topological polar surface area (TPSA) is 60.0 Å². The van der Waals surface area contributed by atoms with Gasteiger partial charge >= 0.3 is 0 Å². The van der Waals surface area contributed by atoms with Gasteiger partial charge in [-0.25, -0.2) is 4.98 Å². The van der Waals surface area contributed by atoms with Gasteiger partial charge in [0.1, 0.15) is 11.5 Å². The van der Waals surface area contributed by atoms with Gasteiger partial charge in [-0.05, 0) is 44.2 Å². The molecule has 0 bridgehead atoms. The second-order valence-electron chi connectivity index (χ2n) is 5.37. The van der Waals surface area contributed by atoms with Crippen molar-refractivity contribution >= 4 is 23.4 Å². The molecule has 0 aliphatic heterocycles. The van der Waals surface area contributed by atoms with Gasteiger partial charge in [-0.15, -0.1) is 5.10 Å². The van der Waals surface area contributed by atoms with Crippen molar-refractivity contribution in [1.82, 2.24) is 15.2 Å². The summed E-state index contributed by atoms with van der Waals surface area (Å²) in [6, 6.07) is 13.4. The molecule has 0 atom stereocenters. The summed E-state index contributed by atoms with van der Waals surface area (Å²) in [7, 11) is 0. The number of hydrogen-bond donors (Lipinski definition) is 1. The number of para-hydroxylation sites is 1. The number of nitrogens with one attached hydrogen (secondary N) is 1. The molecule has 0 unspecified atom stereocenters. The van der Waals surface area contributed by atoms with Crippen molar-refractivity contribution in [3.8, 4) is 22.9 Å². The third-order valence-electron chi connectivity index (χ3n) is 3.59. The minimum atomic E-state index is 0.599. The number of aromatic nitrogens is 3.